The Balaban J connectivity index is 2.06. The van der Waals surface area contributed by atoms with Crippen LogP contribution in [0.15, 0.2) is 36.7 Å². The fourth-order valence-electron chi connectivity index (χ4n) is 1.54. The molecule has 0 aliphatic carbocycles. The third-order valence-electron chi connectivity index (χ3n) is 2.47. The predicted molar refractivity (Wildman–Crippen MR) is 67.4 cm³/mol. The summed E-state index contributed by atoms with van der Waals surface area (Å²) in [5, 5.41) is 18.1. The molecule has 0 unspecified atom stereocenters. The summed E-state index contributed by atoms with van der Waals surface area (Å²) in [4.78, 5) is 8.11. The van der Waals surface area contributed by atoms with Crippen molar-refractivity contribution in [3.05, 3.63) is 48.0 Å². The van der Waals surface area contributed by atoms with E-state index in [-0.39, 0.29) is 6.61 Å². The van der Waals surface area contributed by atoms with Gasteiger partial charge < -0.3 is 14.8 Å². The van der Waals surface area contributed by atoms with Gasteiger partial charge in [-0.15, -0.1) is 0 Å². The van der Waals surface area contributed by atoms with E-state index in [0.29, 0.717) is 17.0 Å². The average Bonchev–Trinajstić information content (AvgIpc) is 2.38. The summed E-state index contributed by atoms with van der Waals surface area (Å²) in [5.41, 5.74) is 1.27. The molecule has 6 heteroatoms. The van der Waals surface area contributed by atoms with Crippen molar-refractivity contribution in [2.75, 3.05) is 0 Å². The Morgan fingerprint density at radius 2 is 1.94 bits per heavy atom. The lowest BCUT2D eigenvalue weighted by Crippen LogP contribution is -2.29. The van der Waals surface area contributed by atoms with Gasteiger partial charge in [0.15, 0.2) is 5.82 Å². The Labute approximate surface area is 105 Å². The highest BCUT2D eigenvalue weighted by Gasteiger charge is 2.12. The van der Waals surface area contributed by atoms with Crippen LogP contribution in [0.5, 0.6) is 5.75 Å². The molecule has 0 bridgehead atoms. The molecule has 0 aliphatic rings. The first-order valence-corrected chi connectivity index (χ1v) is 5.52. The van der Waals surface area contributed by atoms with Gasteiger partial charge >= 0.3 is 7.12 Å². The van der Waals surface area contributed by atoms with Crippen molar-refractivity contribution < 1.29 is 14.8 Å². The van der Waals surface area contributed by atoms with Crippen LogP contribution >= 0.6 is 0 Å². The molecule has 2 rings (SSSR count). The maximum atomic E-state index is 9.04. The molecular formula is C12H13BN2O3. The van der Waals surface area contributed by atoms with Gasteiger partial charge in [-0.2, -0.15) is 0 Å². The molecule has 2 N–H and O–H groups in total. The van der Waals surface area contributed by atoms with E-state index in [2.05, 4.69) is 9.97 Å². The molecule has 0 spiro atoms. The number of ether oxygens (including phenoxy) is 1. The van der Waals surface area contributed by atoms with Crippen LogP contribution in [-0.2, 0) is 6.61 Å². The largest absolute Gasteiger partial charge is 0.488 e. The maximum Gasteiger partial charge on any atom is 0.488 e. The summed E-state index contributed by atoms with van der Waals surface area (Å²) in [7, 11) is -1.46. The van der Waals surface area contributed by atoms with Crippen molar-refractivity contribution >= 4 is 12.6 Å². The highest BCUT2D eigenvalue weighted by atomic mass is 16.5. The number of nitrogens with zero attached hydrogens (tertiary/aromatic N) is 2. The van der Waals surface area contributed by atoms with Gasteiger partial charge in [0, 0.05) is 12.4 Å². The van der Waals surface area contributed by atoms with Crippen LogP contribution in [0, 0.1) is 6.92 Å². The fraction of sp³-hybridized carbons (Fsp3) is 0.167. The number of hydrogen-bond acceptors (Lipinski definition) is 5. The van der Waals surface area contributed by atoms with E-state index in [4.69, 9.17) is 14.8 Å². The summed E-state index contributed by atoms with van der Waals surface area (Å²) in [6.07, 6.45) is 3.31. The van der Waals surface area contributed by atoms with Crippen LogP contribution in [0.2, 0.25) is 0 Å². The second-order valence-corrected chi connectivity index (χ2v) is 3.85. The van der Waals surface area contributed by atoms with Gasteiger partial charge in [-0.25, -0.2) is 9.97 Å². The minimum atomic E-state index is -1.46. The number of aryl methyl sites for hydroxylation is 1. The summed E-state index contributed by atoms with van der Waals surface area (Å²) >= 11 is 0. The monoisotopic (exact) mass is 244 g/mol. The Morgan fingerprint density at radius 1 is 1.22 bits per heavy atom. The van der Waals surface area contributed by atoms with Crippen molar-refractivity contribution in [1.29, 1.82) is 0 Å². The molecule has 1 heterocycles. The summed E-state index contributed by atoms with van der Waals surface area (Å²) < 4.78 is 5.57. The first kappa shape index (κ1) is 12.5. The van der Waals surface area contributed by atoms with Crippen LogP contribution in [-0.4, -0.2) is 27.1 Å². The maximum absolute atomic E-state index is 9.04. The lowest BCUT2D eigenvalue weighted by molar-refractivity contribution is 0.294. The minimum Gasteiger partial charge on any atom is -0.485 e. The van der Waals surface area contributed by atoms with E-state index in [0.717, 1.165) is 5.56 Å². The molecular weight excluding hydrogens is 231 g/mol. The quantitative estimate of drug-likeness (QED) is 0.743. The van der Waals surface area contributed by atoms with Gasteiger partial charge in [-0.1, -0.05) is 12.1 Å². The van der Waals surface area contributed by atoms with Crippen molar-refractivity contribution in [1.82, 2.24) is 9.97 Å². The van der Waals surface area contributed by atoms with E-state index < -0.39 is 7.12 Å². The van der Waals surface area contributed by atoms with Crippen molar-refractivity contribution in [3.8, 4) is 5.75 Å². The molecule has 1 aromatic carbocycles. The molecule has 0 fully saturated rings. The molecule has 0 radical (unpaired) electrons. The number of aromatic nitrogens is 2. The first-order valence-electron chi connectivity index (χ1n) is 5.52. The van der Waals surface area contributed by atoms with E-state index in [1.165, 1.54) is 0 Å². The van der Waals surface area contributed by atoms with Crippen molar-refractivity contribution in [2.45, 2.75) is 13.5 Å². The second kappa shape index (κ2) is 5.62. The Bertz CT molecular complexity index is 520. The zero-order valence-corrected chi connectivity index (χ0v) is 9.95. The van der Waals surface area contributed by atoms with Gasteiger partial charge in [0.25, 0.3) is 0 Å². The standard InChI is InChI=1S/C12H13BN2O3/c1-9-7-10(13(16)17)3-4-11(9)18-8-12-14-5-2-6-15-12/h2-7,16-17H,8H2,1H3. The third-order valence-corrected chi connectivity index (χ3v) is 2.47. The molecule has 5 nitrogen and oxygen atoms in total. The molecule has 1 aromatic heterocycles. The Morgan fingerprint density at radius 3 is 2.56 bits per heavy atom. The summed E-state index contributed by atoms with van der Waals surface area (Å²) in [6.45, 7) is 2.12. The number of benzene rings is 1. The van der Waals surface area contributed by atoms with Crippen LogP contribution in [0.4, 0.5) is 0 Å². The Hall–Kier alpha value is -1.92. The van der Waals surface area contributed by atoms with E-state index in [1.54, 1.807) is 36.7 Å². The summed E-state index contributed by atoms with van der Waals surface area (Å²) in [6, 6.07) is 6.73. The molecule has 92 valence electrons. The first-order chi connectivity index (χ1) is 8.66. The highest BCUT2D eigenvalue weighted by Crippen LogP contribution is 2.16. The highest BCUT2D eigenvalue weighted by molar-refractivity contribution is 6.58. The molecule has 0 saturated heterocycles. The van der Waals surface area contributed by atoms with Crippen molar-refractivity contribution in [2.24, 2.45) is 0 Å². The van der Waals surface area contributed by atoms with E-state index in [9.17, 15) is 0 Å². The zero-order chi connectivity index (χ0) is 13.0. The van der Waals surface area contributed by atoms with Gasteiger partial charge in [0.1, 0.15) is 12.4 Å². The zero-order valence-electron chi connectivity index (χ0n) is 9.95. The van der Waals surface area contributed by atoms with E-state index >= 15 is 0 Å². The van der Waals surface area contributed by atoms with Crippen LogP contribution in [0.3, 0.4) is 0 Å². The minimum absolute atomic E-state index is 0.280. The van der Waals surface area contributed by atoms with Crippen LogP contribution in [0.1, 0.15) is 11.4 Å². The van der Waals surface area contributed by atoms with Gasteiger partial charge in [-0.3, -0.25) is 0 Å². The molecule has 0 amide bonds. The van der Waals surface area contributed by atoms with Gasteiger partial charge in [-0.05, 0) is 30.1 Å². The predicted octanol–water partition coefficient (Wildman–Crippen LogP) is 0.0438. The molecule has 0 aliphatic heterocycles. The lowest BCUT2D eigenvalue weighted by atomic mass is 9.79. The van der Waals surface area contributed by atoms with E-state index in [1.807, 2.05) is 6.92 Å². The lowest BCUT2D eigenvalue weighted by Gasteiger charge is -2.09. The van der Waals surface area contributed by atoms with Gasteiger partial charge in [0.2, 0.25) is 0 Å². The third kappa shape index (κ3) is 3.06. The smallest absolute Gasteiger partial charge is 0.485 e. The normalized spacial score (nSPS) is 10.2. The fourth-order valence-corrected chi connectivity index (χ4v) is 1.54. The average molecular weight is 244 g/mol. The Kier molecular flexibility index (Phi) is 3.91. The molecule has 0 atom stereocenters. The van der Waals surface area contributed by atoms with Crippen LogP contribution in [0.25, 0.3) is 0 Å². The molecule has 2 aromatic rings. The van der Waals surface area contributed by atoms with Crippen molar-refractivity contribution in [3.63, 3.8) is 0 Å². The molecule has 18 heavy (non-hydrogen) atoms. The number of rotatable bonds is 4. The second-order valence-electron chi connectivity index (χ2n) is 3.85. The SMILES string of the molecule is Cc1cc(B(O)O)ccc1OCc1ncccn1. The van der Waals surface area contributed by atoms with Gasteiger partial charge in [0.05, 0.1) is 0 Å². The molecule has 0 saturated carbocycles. The number of hydrogen-bond donors (Lipinski definition) is 2. The van der Waals surface area contributed by atoms with Crippen LogP contribution < -0.4 is 10.2 Å². The summed E-state index contributed by atoms with van der Waals surface area (Å²) in [5.74, 6) is 1.27. The topological polar surface area (TPSA) is 75.5 Å².